The van der Waals surface area contributed by atoms with Crippen molar-refractivity contribution in [1.29, 1.82) is 0 Å². The molecule has 1 aliphatic rings. The first-order chi connectivity index (χ1) is 8.57. The Balaban J connectivity index is 2.14. The summed E-state index contributed by atoms with van der Waals surface area (Å²) in [6.45, 7) is 6.99. The first-order valence-corrected chi connectivity index (χ1v) is 8.22. The molecule has 0 nitrogen and oxygen atoms in total. The maximum absolute atomic E-state index is 3.95. The van der Waals surface area contributed by atoms with Gasteiger partial charge in [0, 0.05) is 4.83 Å². The number of halogens is 1. The number of hydrogen-bond donors (Lipinski definition) is 0. The van der Waals surface area contributed by atoms with Crippen LogP contribution in [0.15, 0.2) is 24.3 Å². The van der Waals surface area contributed by atoms with E-state index in [2.05, 4.69) is 61.0 Å². The second-order valence-corrected chi connectivity index (χ2v) is 7.12. The van der Waals surface area contributed by atoms with Crippen LogP contribution in [0.25, 0.3) is 0 Å². The quantitative estimate of drug-likeness (QED) is 0.579. The summed E-state index contributed by atoms with van der Waals surface area (Å²) in [7, 11) is 0. The van der Waals surface area contributed by atoms with Crippen LogP contribution in [0.1, 0.15) is 74.7 Å². The minimum absolute atomic E-state index is 0.456. The fraction of sp³-hybridized carbons (Fsp3) is 0.647. The second kappa shape index (κ2) is 5.77. The Kier molecular flexibility index (Phi) is 4.53. The lowest BCUT2D eigenvalue weighted by molar-refractivity contribution is 0.331. The highest BCUT2D eigenvalue weighted by Crippen LogP contribution is 2.51. The van der Waals surface area contributed by atoms with Crippen molar-refractivity contribution in [2.75, 3.05) is 0 Å². The van der Waals surface area contributed by atoms with Gasteiger partial charge in [-0.3, -0.25) is 0 Å². The zero-order chi connectivity index (χ0) is 13.2. The summed E-state index contributed by atoms with van der Waals surface area (Å²) in [6.07, 6.45) is 6.72. The van der Waals surface area contributed by atoms with Gasteiger partial charge in [-0.15, -0.1) is 0 Å². The molecule has 1 aromatic carbocycles. The first kappa shape index (κ1) is 14.1. The van der Waals surface area contributed by atoms with Crippen molar-refractivity contribution < 1.29 is 0 Å². The summed E-state index contributed by atoms with van der Waals surface area (Å²) in [5, 5.41) is 0. The number of hydrogen-bond acceptors (Lipinski definition) is 0. The molecule has 0 spiro atoms. The zero-order valence-electron chi connectivity index (χ0n) is 11.9. The standard InChI is InChI=1S/C17H25Br/c1-4-13(2)14-7-9-15(10-8-14)16(18)17(3)11-5-6-12-17/h7-10,13,16H,4-6,11-12H2,1-3H3. The number of alkyl halides is 1. The highest BCUT2D eigenvalue weighted by atomic mass is 79.9. The molecule has 0 heterocycles. The summed E-state index contributed by atoms with van der Waals surface area (Å²) >= 11 is 3.95. The van der Waals surface area contributed by atoms with E-state index in [4.69, 9.17) is 0 Å². The van der Waals surface area contributed by atoms with Gasteiger partial charge in [0.1, 0.15) is 0 Å². The van der Waals surface area contributed by atoms with Crippen LogP contribution in [0.2, 0.25) is 0 Å². The molecule has 1 aromatic rings. The van der Waals surface area contributed by atoms with E-state index in [9.17, 15) is 0 Å². The summed E-state index contributed by atoms with van der Waals surface area (Å²) in [5.41, 5.74) is 3.38. The van der Waals surface area contributed by atoms with Crippen LogP contribution in [0.4, 0.5) is 0 Å². The Morgan fingerprint density at radius 1 is 1.11 bits per heavy atom. The van der Waals surface area contributed by atoms with Gasteiger partial charge >= 0.3 is 0 Å². The van der Waals surface area contributed by atoms with E-state index in [1.165, 1.54) is 43.2 Å². The molecule has 0 aromatic heterocycles. The van der Waals surface area contributed by atoms with E-state index in [1.807, 2.05) is 0 Å². The highest BCUT2D eigenvalue weighted by Gasteiger charge is 2.36. The smallest absolute Gasteiger partial charge is 0.0448 e. The average molecular weight is 309 g/mol. The topological polar surface area (TPSA) is 0 Å². The summed E-state index contributed by atoms with van der Waals surface area (Å²) in [4.78, 5) is 0.512. The van der Waals surface area contributed by atoms with E-state index in [-0.39, 0.29) is 0 Å². The Bertz CT molecular complexity index is 373. The molecule has 0 amide bonds. The predicted octanol–water partition coefficient (Wildman–Crippen LogP) is 6.22. The number of rotatable bonds is 4. The molecule has 1 fully saturated rings. The summed E-state index contributed by atoms with van der Waals surface area (Å²) in [5.74, 6) is 0.676. The van der Waals surface area contributed by atoms with E-state index in [1.54, 1.807) is 0 Å². The molecular formula is C17H25Br. The molecular weight excluding hydrogens is 284 g/mol. The van der Waals surface area contributed by atoms with Gasteiger partial charge in [-0.2, -0.15) is 0 Å². The van der Waals surface area contributed by atoms with Crippen LogP contribution in [-0.2, 0) is 0 Å². The van der Waals surface area contributed by atoms with Gasteiger partial charge < -0.3 is 0 Å². The van der Waals surface area contributed by atoms with Gasteiger partial charge in [0.05, 0.1) is 0 Å². The summed E-state index contributed by atoms with van der Waals surface area (Å²) < 4.78 is 0. The van der Waals surface area contributed by atoms with Gasteiger partial charge in [0.15, 0.2) is 0 Å². The summed E-state index contributed by atoms with van der Waals surface area (Å²) in [6, 6.07) is 9.28. The van der Waals surface area contributed by atoms with Crippen molar-refractivity contribution in [1.82, 2.24) is 0 Å². The van der Waals surface area contributed by atoms with Crippen molar-refractivity contribution in [3.05, 3.63) is 35.4 Å². The molecule has 0 radical (unpaired) electrons. The molecule has 2 unspecified atom stereocenters. The highest BCUT2D eigenvalue weighted by molar-refractivity contribution is 9.09. The van der Waals surface area contributed by atoms with Gasteiger partial charge in [0.25, 0.3) is 0 Å². The molecule has 0 saturated heterocycles. The van der Waals surface area contributed by atoms with Crippen molar-refractivity contribution >= 4 is 15.9 Å². The lowest BCUT2D eigenvalue weighted by atomic mass is 9.81. The molecule has 2 rings (SSSR count). The fourth-order valence-corrected chi connectivity index (χ4v) is 3.83. The van der Waals surface area contributed by atoms with E-state index >= 15 is 0 Å². The average Bonchev–Trinajstić information content (AvgIpc) is 2.85. The van der Waals surface area contributed by atoms with Gasteiger partial charge in [-0.25, -0.2) is 0 Å². The lowest BCUT2D eigenvalue weighted by Crippen LogP contribution is -2.17. The van der Waals surface area contributed by atoms with Gasteiger partial charge in [-0.05, 0) is 41.7 Å². The normalized spacial score (nSPS) is 21.8. The van der Waals surface area contributed by atoms with Crippen LogP contribution < -0.4 is 0 Å². The molecule has 1 aliphatic carbocycles. The van der Waals surface area contributed by atoms with Crippen LogP contribution in [0.3, 0.4) is 0 Å². The van der Waals surface area contributed by atoms with Gasteiger partial charge in [0.2, 0.25) is 0 Å². The van der Waals surface area contributed by atoms with Crippen molar-refractivity contribution in [2.45, 2.75) is 63.6 Å². The third kappa shape index (κ3) is 2.82. The Hall–Kier alpha value is -0.300. The molecule has 2 atom stereocenters. The third-order valence-corrected chi connectivity index (χ3v) is 6.40. The molecule has 0 bridgehead atoms. The van der Waals surface area contributed by atoms with Gasteiger partial charge in [-0.1, -0.05) is 73.8 Å². The van der Waals surface area contributed by atoms with E-state index < -0.39 is 0 Å². The van der Waals surface area contributed by atoms with Crippen molar-refractivity contribution in [2.24, 2.45) is 5.41 Å². The lowest BCUT2D eigenvalue weighted by Gasteiger charge is -2.30. The maximum atomic E-state index is 3.95. The minimum Gasteiger partial charge on any atom is -0.0833 e. The predicted molar refractivity (Wildman–Crippen MR) is 83.4 cm³/mol. The maximum Gasteiger partial charge on any atom is 0.0448 e. The number of benzene rings is 1. The molecule has 0 aliphatic heterocycles. The Morgan fingerprint density at radius 3 is 2.11 bits per heavy atom. The van der Waals surface area contributed by atoms with Crippen molar-refractivity contribution in [3.63, 3.8) is 0 Å². The van der Waals surface area contributed by atoms with Crippen LogP contribution >= 0.6 is 15.9 Å². The monoisotopic (exact) mass is 308 g/mol. The second-order valence-electron chi connectivity index (χ2n) is 6.20. The van der Waals surface area contributed by atoms with E-state index in [0.717, 1.165) is 0 Å². The Labute approximate surface area is 120 Å². The SMILES string of the molecule is CCC(C)c1ccc(C(Br)C2(C)CCCC2)cc1. The molecule has 18 heavy (non-hydrogen) atoms. The van der Waals surface area contributed by atoms with Crippen LogP contribution in [-0.4, -0.2) is 0 Å². The van der Waals surface area contributed by atoms with E-state index in [0.29, 0.717) is 16.2 Å². The molecule has 0 N–H and O–H groups in total. The molecule has 100 valence electrons. The third-order valence-electron chi connectivity index (χ3n) is 4.77. The van der Waals surface area contributed by atoms with Crippen LogP contribution in [0, 0.1) is 5.41 Å². The zero-order valence-corrected chi connectivity index (χ0v) is 13.5. The Morgan fingerprint density at radius 2 is 1.61 bits per heavy atom. The van der Waals surface area contributed by atoms with Crippen molar-refractivity contribution in [3.8, 4) is 0 Å². The molecule has 1 saturated carbocycles. The minimum atomic E-state index is 0.456. The molecule has 1 heteroatoms. The first-order valence-electron chi connectivity index (χ1n) is 7.31. The fourth-order valence-electron chi connectivity index (χ4n) is 3.07. The largest absolute Gasteiger partial charge is 0.0833 e. The van der Waals surface area contributed by atoms with Crippen LogP contribution in [0.5, 0.6) is 0 Å².